The molecule has 8 heteroatoms. The maximum Gasteiger partial charge on any atom is 0.416 e. The van der Waals surface area contributed by atoms with Gasteiger partial charge in [-0.05, 0) is 48.2 Å². The van der Waals surface area contributed by atoms with Crippen molar-refractivity contribution in [2.45, 2.75) is 23.4 Å². The second-order valence-corrected chi connectivity index (χ2v) is 8.71. The van der Waals surface area contributed by atoms with Gasteiger partial charge in [0.25, 0.3) is 0 Å². The lowest BCUT2D eigenvalue weighted by atomic mass is 10.0. The number of carbonyl (C=O) groups excluding carboxylic acids is 1. The van der Waals surface area contributed by atoms with Crippen molar-refractivity contribution in [1.29, 1.82) is 0 Å². The average molecular weight is 397 g/mol. The molecule has 0 saturated heterocycles. The lowest BCUT2D eigenvalue weighted by molar-refractivity contribution is -0.138. The fourth-order valence-electron chi connectivity index (χ4n) is 3.18. The summed E-state index contributed by atoms with van der Waals surface area (Å²) in [5.41, 5.74) is -0.0724. The number of anilines is 1. The molecule has 27 heavy (non-hydrogen) atoms. The van der Waals surface area contributed by atoms with Crippen LogP contribution in [0.4, 0.5) is 18.9 Å². The summed E-state index contributed by atoms with van der Waals surface area (Å²) in [6, 6.07) is 11.1. The van der Waals surface area contributed by atoms with E-state index < -0.39 is 33.4 Å². The molecule has 0 heterocycles. The number of amides is 1. The van der Waals surface area contributed by atoms with Crippen LogP contribution in [-0.4, -0.2) is 27.6 Å². The van der Waals surface area contributed by atoms with E-state index in [4.69, 9.17) is 0 Å². The molecule has 3 rings (SSSR count). The van der Waals surface area contributed by atoms with E-state index in [-0.39, 0.29) is 16.4 Å². The van der Waals surface area contributed by atoms with Gasteiger partial charge in [-0.2, -0.15) is 13.2 Å². The molecule has 0 unspecified atom stereocenters. The van der Waals surface area contributed by atoms with Crippen LogP contribution in [-0.2, 0) is 20.8 Å². The van der Waals surface area contributed by atoms with Gasteiger partial charge in [0.2, 0.25) is 5.91 Å². The highest BCUT2D eigenvalue weighted by molar-refractivity contribution is 7.90. The number of alkyl halides is 3. The molecular weight excluding hydrogens is 379 g/mol. The number of carbonyl (C=O) groups is 1. The van der Waals surface area contributed by atoms with Crippen LogP contribution in [0.15, 0.2) is 53.4 Å². The van der Waals surface area contributed by atoms with Crippen LogP contribution in [0.1, 0.15) is 23.5 Å². The Morgan fingerprint density at radius 3 is 2.22 bits per heavy atom. The first-order valence-corrected chi connectivity index (χ1v) is 10.1. The number of hydrogen-bond donors (Lipinski definition) is 0. The summed E-state index contributed by atoms with van der Waals surface area (Å²) in [7, 11) is -1.81. The molecule has 1 fully saturated rings. The van der Waals surface area contributed by atoms with Gasteiger partial charge in [-0.1, -0.05) is 18.2 Å². The summed E-state index contributed by atoms with van der Waals surface area (Å²) in [4.78, 5) is 14.1. The number of benzene rings is 2. The quantitative estimate of drug-likeness (QED) is 0.787. The normalized spacial score (nSPS) is 19.6. The Morgan fingerprint density at radius 1 is 1.07 bits per heavy atom. The molecule has 0 spiro atoms. The van der Waals surface area contributed by atoms with Crippen molar-refractivity contribution in [3.05, 3.63) is 59.7 Å². The Balaban J connectivity index is 1.77. The number of nitrogens with zero attached hydrogens (tertiary/aromatic N) is 1. The Hall–Kier alpha value is -2.35. The molecule has 2 aromatic rings. The predicted octanol–water partition coefficient (Wildman–Crippen LogP) is 3.88. The standard InChI is InChI=1S/C19H18F3NO3S/c1-23(12-7-9-13(10-8-12)27(2,25)26)18(24)16-11-15(16)14-5-3-4-6-17(14)19(20,21)22/h3-10,15-16H,11H2,1-2H3/t15-,16+/m0/s1. The molecule has 2 aromatic carbocycles. The monoisotopic (exact) mass is 397 g/mol. The second-order valence-electron chi connectivity index (χ2n) is 6.70. The number of rotatable bonds is 4. The first kappa shape index (κ1) is 19.4. The van der Waals surface area contributed by atoms with E-state index in [1.165, 1.54) is 54.4 Å². The SMILES string of the molecule is CN(C(=O)[C@@H]1C[C@H]1c1ccccc1C(F)(F)F)c1ccc(S(C)(=O)=O)cc1. The van der Waals surface area contributed by atoms with Crippen LogP contribution in [0.2, 0.25) is 0 Å². The molecular formula is C19H18F3NO3S. The van der Waals surface area contributed by atoms with Crippen molar-refractivity contribution in [3.8, 4) is 0 Å². The van der Waals surface area contributed by atoms with Crippen molar-refractivity contribution in [2.24, 2.45) is 5.92 Å². The molecule has 0 N–H and O–H groups in total. The average Bonchev–Trinajstić information content (AvgIpc) is 3.40. The van der Waals surface area contributed by atoms with Gasteiger partial charge in [0.1, 0.15) is 0 Å². The molecule has 0 aliphatic heterocycles. The second kappa shape index (κ2) is 6.67. The zero-order valence-corrected chi connectivity index (χ0v) is 15.5. The Labute approximate surface area is 155 Å². The minimum atomic E-state index is -4.46. The molecule has 1 saturated carbocycles. The third-order valence-corrected chi connectivity index (χ3v) is 5.88. The molecule has 0 aromatic heterocycles. The van der Waals surface area contributed by atoms with E-state index in [9.17, 15) is 26.4 Å². The molecule has 1 aliphatic carbocycles. The maximum atomic E-state index is 13.2. The van der Waals surface area contributed by atoms with Gasteiger partial charge in [0.15, 0.2) is 9.84 Å². The van der Waals surface area contributed by atoms with Crippen LogP contribution in [0.3, 0.4) is 0 Å². The largest absolute Gasteiger partial charge is 0.416 e. The van der Waals surface area contributed by atoms with E-state index in [0.717, 1.165) is 12.3 Å². The van der Waals surface area contributed by atoms with Crippen LogP contribution >= 0.6 is 0 Å². The lowest BCUT2D eigenvalue weighted by Gasteiger charge is -2.18. The van der Waals surface area contributed by atoms with E-state index in [0.29, 0.717) is 12.1 Å². The topological polar surface area (TPSA) is 54.5 Å². The Kier molecular flexibility index (Phi) is 4.80. The van der Waals surface area contributed by atoms with E-state index >= 15 is 0 Å². The molecule has 0 bridgehead atoms. The summed E-state index contributed by atoms with van der Waals surface area (Å²) >= 11 is 0. The van der Waals surface area contributed by atoms with Crippen LogP contribution in [0.5, 0.6) is 0 Å². The summed E-state index contributed by atoms with van der Waals surface area (Å²) in [6.45, 7) is 0. The summed E-state index contributed by atoms with van der Waals surface area (Å²) in [5.74, 6) is -1.27. The fourth-order valence-corrected chi connectivity index (χ4v) is 3.81. The van der Waals surface area contributed by atoms with Gasteiger partial charge in [-0.15, -0.1) is 0 Å². The molecule has 144 valence electrons. The van der Waals surface area contributed by atoms with Gasteiger partial charge >= 0.3 is 6.18 Å². The van der Waals surface area contributed by atoms with Gasteiger partial charge in [0, 0.05) is 24.9 Å². The molecule has 2 atom stereocenters. The number of sulfone groups is 1. The van der Waals surface area contributed by atoms with E-state index in [1.54, 1.807) is 0 Å². The van der Waals surface area contributed by atoms with E-state index in [2.05, 4.69) is 0 Å². The summed E-state index contributed by atoms with van der Waals surface area (Å²) in [6.07, 6.45) is -3.01. The molecule has 4 nitrogen and oxygen atoms in total. The van der Waals surface area contributed by atoms with Crippen molar-refractivity contribution in [2.75, 3.05) is 18.2 Å². The van der Waals surface area contributed by atoms with Gasteiger partial charge < -0.3 is 4.90 Å². The summed E-state index contributed by atoms with van der Waals surface area (Å²) in [5, 5.41) is 0. The van der Waals surface area contributed by atoms with Crippen molar-refractivity contribution in [3.63, 3.8) is 0 Å². The van der Waals surface area contributed by atoms with Gasteiger partial charge in [-0.3, -0.25) is 4.79 Å². The number of halogens is 3. The third-order valence-electron chi connectivity index (χ3n) is 4.76. The molecule has 0 radical (unpaired) electrons. The van der Waals surface area contributed by atoms with Gasteiger partial charge in [0.05, 0.1) is 10.5 Å². The maximum absolute atomic E-state index is 13.2. The highest BCUT2D eigenvalue weighted by Gasteiger charge is 2.48. The van der Waals surface area contributed by atoms with Crippen molar-refractivity contribution >= 4 is 21.4 Å². The minimum Gasteiger partial charge on any atom is -0.315 e. The smallest absolute Gasteiger partial charge is 0.315 e. The fraction of sp³-hybridized carbons (Fsp3) is 0.316. The first-order valence-electron chi connectivity index (χ1n) is 8.24. The van der Waals surface area contributed by atoms with Crippen LogP contribution in [0.25, 0.3) is 0 Å². The zero-order valence-electron chi connectivity index (χ0n) is 14.7. The lowest BCUT2D eigenvalue weighted by Crippen LogP contribution is -2.28. The minimum absolute atomic E-state index is 0.135. The highest BCUT2D eigenvalue weighted by Crippen LogP contribution is 2.51. The third kappa shape index (κ3) is 4.00. The highest BCUT2D eigenvalue weighted by atomic mass is 32.2. The van der Waals surface area contributed by atoms with Crippen LogP contribution in [0, 0.1) is 5.92 Å². The van der Waals surface area contributed by atoms with Crippen LogP contribution < -0.4 is 4.90 Å². The van der Waals surface area contributed by atoms with Crippen molar-refractivity contribution in [1.82, 2.24) is 0 Å². The van der Waals surface area contributed by atoms with Crippen molar-refractivity contribution < 1.29 is 26.4 Å². The molecule has 1 aliphatic rings. The zero-order chi connectivity index (χ0) is 20.0. The van der Waals surface area contributed by atoms with E-state index in [1.807, 2.05) is 0 Å². The molecule has 1 amide bonds. The predicted molar refractivity (Wildman–Crippen MR) is 95.3 cm³/mol. The number of hydrogen-bond acceptors (Lipinski definition) is 3. The summed E-state index contributed by atoms with van der Waals surface area (Å²) < 4.78 is 62.5. The van der Waals surface area contributed by atoms with Gasteiger partial charge in [-0.25, -0.2) is 8.42 Å². The first-order chi connectivity index (χ1) is 12.5. The Bertz CT molecular complexity index is 968. The Morgan fingerprint density at radius 2 is 1.67 bits per heavy atom.